The molecular weight excluding hydrogens is 392 g/mol. The van der Waals surface area contributed by atoms with E-state index in [1.807, 2.05) is 0 Å². The molecule has 0 fully saturated rings. The molecule has 0 aliphatic heterocycles. The van der Waals surface area contributed by atoms with Crippen molar-refractivity contribution >= 4 is 77.5 Å². The van der Waals surface area contributed by atoms with Crippen molar-refractivity contribution in [3.63, 3.8) is 0 Å². The number of hydrogen-bond acceptors (Lipinski definition) is 0. The minimum atomic E-state index is 0. The third kappa shape index (κ3) is 31.5. The van der Waals surface area contributed by atoms with Gasteiger partial charge in [-0.15, -0.1) is 0 Å². The van der Waals surface area contributed by atoms with Gasteiger partial charge in [-0.1, -0.05) is 0 Å². The Morgan fingerprint density at radius 3 is 0.333 bits per heavy atom. The molecule has 0 saturated heterocycles. The second-order valence-corrected chi connectivity index (χ2v) is 0. The van der Waals surface area contributed by atoms with Crippen molar-refractivity contribution in [3.8, 4) is 0 Å². The first kappa shape index (κ1) is 76.8. The Morgan fingerprint density at radius 1 is 0.333 bits per heavy atom. The minimum Gasteiger partial charge on any atom is -2.00 e. The Labute approximate surface area is 92.5 Å². The van der Waals surface area contributed by atoms with Gasteiger partial charge in [-0.2, -0.15) is 0 Å². The summed E-state index contributed by atoms with van der Waals surface area (Å²) in [5.74, 6) is 0. The summed E-state index contributed by atoms with van der Waals surface area (Å²) in [7, 11) is 0. The van der Waals surface area contributed by atoms with Gasteiger partial charge in [0.15, 0.2) is 0 Å². The van der Waals surface area contributed by atoms with Gasteiger partial charge in [-0.3, -0.25) is 0 Å². The van der Waals surface area contributed by atoms with Crippen LogP contribution in [0.2, 0.25) is 0 Å². The summed E-state index contributed by atoms with van der Waals surface area (Å²) in [6.07, 6.45) is 0. The van der Waals surface area contributed by atoms with E-state index in [9.17, 15) is 0 Å². The molecule has 0 N–H and O–H groups in total. The van der Waals surface area contributed by atoms with Crippen LogP contribution in [0.5, 0.6) is 0 Å². The first-order valence-corrected chi connectivity index (χ1v) is 0. The average Bonchev–Trinajstić information content (AvgIpc) is 0. The van der Waals surface area contributed by atoms with E-state index in [0.717, 1.165) is 0 Å². The van der Waals surface area contributed by atoms with Gasteiger partial charge in [0, 0.05) is 77.5 Å². The zero-order valence-electron chi connectivity index (χ0n) is 2.96. The van der Waals surface area contributed by atoms with Gasteiger partial charge in [0.25, 0.3) is 0 Å². The standard InChI is InChI=1S/3In.3O/q;;;3*-2. The molecule has 0 aromatic carbocycles. The summed E-state index contributed by atoms with van der Waals surface area (Å²) in [4.78, 5) is 0. The van der Waals surface area contributed by atoms with Crippen LogP contribution in [0.25, 0.3) is 0 Å². The second-order valence-electron chi connectivity index (χ2n) is 0. The second kappa shape index (κ2) is 50.9. The Bertz CT molecular complexity index is 6.00. The normalized spacial score (nSPS) is 0. The van der Waals surface area contributed by atoms with Crippen LogP contribution >= 0.6 is 0 Å². The van der Waals surface area contributed by atoms with Crippen molar-refractivity contribution in [1.29, 1.82) is 0 Å². The van der Waals surface area contributed by atoms with Crippen molar-refractivity contribution < 1.29 is 16.4 Å². The molecule has 6 heavy (non-hydrogen) atoms. The van der Waals surface area contributed by atoms with Crippen molar-refractivity contribution in [2.75, 3.05) is 0 Å². The fourth-order valence-electron chi connectivity index (χ4n) is 0. The molecule has 0 unspecified atom stereocenters. The maximum Gasteiger partial charge on any atom is 0 e. The molecule has 0 amide bonds. The van der Waals surface area contributed by atoms with E-state index < -0.39 is 0 Å². The van der Waals surface area contributed by atoms with Crippen molar-refractivity contribution in [2.45, 2.75) is 0 Å². The molecular formula is In3O3-6. The fraction of sp³-hybridized carbons (Fsp3) is 0. The van der Waals surface area contributed by atoms with Gasteiger partial charge in [-0.25, -0.2) is 0 Å². The molecule has 0 rings (SSSR count). The van der Waals surface area contributed by atoms with Crippen LogP contribution in [0.15, 0.2) is 0 Å². The molecule has 33 valence electrons. The van der Waals surface area contributed by atoms with E-state index in [0.29, 0.717) is 0 Å². The summed E-state index contributed by atoms with van der Waals surface area (Å²) < 4.78 is 0. The quantitative estimate of drug-likeness (QED) is 0.481. The van der Waals surface area contributed by atoms with Gasteiger partial charge in [0.1, 0.15) is 0 Å². The average molecular weight is 392 g/mol. The monoisotopic (exact) mass is 393 g/mol. The van der Waals surface area contributed by atoms with Crippen molar-refractivity contribution in [1.82, 2.24) is 0 Å². The Kier molecular flexibility index (Phi) is 651. The summed E-state index contributed by atoms with van der Waals surface area (Å²) in [6.45, 7) is 0. The van der Waals surface area contributed by atoms with Crippen LogP contribution in [-0.4, -0.2) is 77.5 Å². The molecule has 0 bridgehead atoms. The third-order valence-corrected chi connectivity index (χ3v) is 0. The molecule has 0 aromatic rings. The largest absolute Gasteiger partial charge is 2.00 e. The Hall–Kier alpha value is 2.49. The van der Waals surface area contributed by atoms with Gasteiger partial charge >= 0.3 is 0 Å². The third-order valence-electron chi connectivity index (χ3n) is 0. The van der Waals surface area contributed by atoms with Gasteiger partial charge < -0.3 is 16.4 Å². The number of hydrogen-bond donors (Lipinski definition) is 0. The fourth-order valence-corrected chi connectivity index (χ4v) is 0. The Morgan fingerprint density at radius 2 is 0.333 bits per heavy atom. The predicted molar refractivity (Wildman–Crippen MR) is 19.3 cm³/mol. The van der Waals surface area contributed by atoms with Gasteiger partial charge in [-0.05, 0) is 0 Å². The molecule has 6 heteroatoms. The smallest absolute Gasteiger partial charge is 0 e. The summed E-state index contributed by atoms with van der Waals surface area (Å²) in [5.41, 5.74) is 0. The maximum atomic E-state index is 0. The van der Waals surface area contributed by atoms with Crippen LogP contribution in [-0.2, 0) is 16.4 Å². The predicted octanol–water partition coefficient (Wildman–Crippen LogP) is -1.50. The van der Waals surface area contributed by atoms with Crippen LogP contribution in [0.3, 0.4) is 0 Å². The maximum absolute atomic E-state index is 0. The molecule has 0 aliphatic rings. The van der Waals surface area contributed by atoms with E-state index in [2.05, 4.69) is 0 Å². The SMILES string of the molecule is [In].[In].[In].[O-2].[O-2].[O-2]. The van der Waals surface area contributed by atoms with Crippen LogP contribution in [0, 0.1) is 0 Å². The Balaban J connectivity index is 0. The van der Waals surface area contributed by atoms with Crippen LogP contribution < -0.4 is 0 Å². The molecule has 9 radical (unpaired) electrons. The van der Waals surface area contributed by atoms with Gasteiger partial charge in [0.05, 0.1) is 0 Å². The summed E-state index contributed by atoms with van der Waals surface area (Å²) in [6, 6.07) is 0. The first-order chi connectivity index (χ1) is 0. The van der Waals surface area contributed by atoms with Crippen molar-refractivity contribution in [3.05, 3.63) is 0 Å². The summed E-state index contributed by atoms with van der Waals surface area (Å²) in [5, 5.41) is 0. The van der Waals surface area contributed by atoms with Crippen LogP contribution in [0.1, 0.15) is 0 Å². The number of rotatable bonds is 0. The molecule has 0 spiro atoms. The van der Waals surface area contributed by atoms with E-state index in [1.54, 1.807) is 0 Å². The van der Waals surface area contributed by atoms with E-state index >= 15 is 0 Å². The van der Waals surface area contributed by atoms with E-state index in [4.69, 9.17) is 0 Å². The van der Waals surface area contributed by atoms with E-state index in [1.165, 1.54) is 0 Å². The van der Waals surface area contributed by atoms with E-state index in [-0.39, 0.29) is 94.0 Å². The molecule has 0 atom stereocenters. The molecule has 0 aliphatic carbocycles. The summed E-state index contributed by atoms with van der Waals surface area (Å²) >= 11 is 0. The van der Waals surface area contributed by atoms with Crippen LogP contribution in [0.4, 0.5) is 0 Å². The zero-order chi connectivity index (χ0) is 0. The van der Waals surface area contributed by atoms with Crippen molar-refractivity contribution in [2.24, 2.45) is 0 Å². The minimum absolute atomic E-state index is 0. The molecule has 0 heterocycles. The molecule has 0 aromatic heterocycles. The van der Waals surface area contributed by atoms with Gasteiger partial charge in [0.2, 0.25) is 0 Å². The zero-order valence-corrected chi connectivity index (χ0v) is 12.8. The first-order valence-electron chi connectivity index (χ1n) is 0. The topological polar surface area (TPSA) is 85.5 Å². The molecule has 3 nitrogen and oxygen atoms in total. The molecule has 0 saturated carbocycles.